The molecule has 0 radical (unpaired) electrons. The third-order valence-electron chi connectivity index (χ3n) is 2.16. The molecule has 0 aliphatic rings. The molecule has 17 heteroatoms. The van der Waals surface area contributed by atoms with Crippen LogP contribution in [0.4, 0.5) is 65.9 Å². The molecular weight excluding hydrogens is 425 g/mol. The first-order valence-electron chi connectivity index (χ1n) is 5.69. The van der Waals surface area contributed by atoms with Crippen molar-refractivity contribution in [3.8, 4) is 0 Å². The van der Waals surface area contributed by atoms with Gasteiger partial charge in [-0.05, 0) is 0 Å². The maximum atomic E-state index is 12.2. The Labute approximate surface area is 132 Å². The lowest BCUT2D eigenvalue weighted by molar-refractivity contribution is -0.398. The Morgan fingerprint density at radius 1 is 0.462 bits per heavy atom. The average molecular weight is 430 g/mol. The van der Waals surface area contributed by atoms with E-state index < -0.39 is 55.8 Å². The van der Waals surface area contributed by atoms with Gasteiger partial charge in [0.05, 0.1) is 6.42 Å². The van der Waals surface area contributed by atoms with Crippen LogP contribution in [0, 0.1) is 0 Å². The summed E-state index contributed by atoms with van der Waals surface area (Å²) in [5.74, 6) is 0. The Hall–Kier alpha value is -1.13. The van der Waals surface area contributed by atoms with Gasteiger partial charge in [0.2, 0.25) is 0 Å². The lowest BCUT2D eigenvalue weighted by Gasteiger charge is -2.32. The molecule has 0 rings (SSSR count). The molecule has 0 aromatic carbocycles. The number of halogens is 15. The van der Waals surface area contributed by atoms with E-state index in [1.54, 1.807) is 0 Å². The maximum absolute atomic E-state index is 12.2. The van der Waals surface area contributed by atoms with Crippen LogP contribution in [0.1, 0.15) is 6.42 Å². The minimum Gasteiger partial charge on any atom is -0.331 e. The molecule has 0 aliphatic carbocycles. The highest BCUT2D eigenvalue weighted by Crippen LogP contribution is 2.41. The largest absolute Gasteiger partial charge is 0.423 e. The molecule has 2 nitrogen and oxygen atoms in total. The number of hydrogen-bond donors (Lipinski definition) is 0. The van der Waals surface area contributed by atoms with E-state index in [0.717, 1.165) is 0 Å². The molecule has 0 aromatic heterocycles. The van der Waals surface area contributed by atoms with Crippen LogP contribution in [0.5, 0.6) is 0 Å². The lowest BCUT2D eigenvalue weighted by atomic mass is 10.3. The van der Waals surface area contributed by atoms with Gasteiger partial charge in [-0.25, -0.2) is 0 Å². The summed E-state index contributed by atoms with van der Waals surface area (Å²) in [7, 11) is 0. The van der Waals surface area contributed by atoms with Gasteiger partial charge in [-0.2, -0.15) is 65.9 Å². The van der Waals surface area contributed by atoms with E-state index in [1.807, 2.05) is 0 Å². The Morgan fingerprint density at radius 2 is 0.692 bits per heavy atom. The first kappa shape index (κ1) is 24.9. The highest BCUT2D eigenvalue weighted by Gasteiger charge is 2.62. The van der Waals surface area contributed by atoms with Crippen LogP contribution in [-0.4, -0.2) is 49.4 Å². The third kappa shape index (κ3) is 8.50. The SMILES string of the molecule is FC(F)(F)CC(OC(C(F)(F)F)C(F)(F)F)OC(C(F)(F)F)C(F)(F)F. The molecule has 0 aliphatic heterocycles. The third-order valence-corrected chi connectivity index (χ3v) is 2.16. The number of alkyl halides is 15. The maximum Gasteiger partial charge on any atom is 0.423 e. The van der Waals surface area contributed by atoms with Gasteiger partial charge in [0.25, 0.3) is 12.2 Å². The van der Waals surface area contributed by atoms with Gasteiger partial charge in [-0.1, -0.05) is 0 Å². The van der Waals surface area contributed by atoms with Crippen molar-refractivity contribution in [1.82, 2.24) is 0 Å². The van der Waals surface area contributed by atoms with Gasteiger partial charge in [0.15, 0.2) is 6.29 Å². The van der Waals surface area contributed by atoms with Crippen molar-refractivity contribution in [2.75, 3.05) is 0 Å². The highest BCUT2D eigenvalue weighted by atomic mass is 19.4. The van der Waals surface area contributed by atoms with Crippen molar-refractivity contribution in [3.05, 3.63) is 0 Å². The minimum atomic E-state index is -6.50. The molecule has 0 amide bonds. The van der Waals surface area contributed by atoms with Gasteiger partial charge in [-0.3, -0.25) is 0 Å². The van der Waals surface area contributed by atoms with Crippen molar-refractivity contribution >= 4 is 0 Å². The van der Waals surface area contributed by atoms with Gasteiger partial charge in [0.1, 0.15) is 0 Å². The standard InChI is InChI=1S/C9H5F15O2/c10-5(11,12)1-2(25-3(6(13,14)15)7(16,17)18)26-4(8(19,20)21)9(22,23)24/h2-4H,1H2. The zero-order chi connectivity index (χ0) is 21.4. The van der Waals surface area contributed by atoms with Crippen LogP contribution in [0.2, 0.25) is 0 Å². The predicted octanol–water partition coefficient (Wildman–Crippen LogP) is 5.28. The highest BCUT2D eigenvalue weighted by molar-refractivity contribution is 4.80. The molecule has 0 fully saturated rings. The Balaban J connectivity index is 5.79. The molecule has 0 unspecified atom stereocenters. The van der Waals surface area contributed by atoms with Crippen LogP contribution in [-0.2, 0) is 9.47 Å². The van der Waals surface area contributed by atoms with Crippen LogP contribution in [0.15, 0.2) is 0 Å². The van der Waals surface area contributed by atoms with E-state index in [0.29, 0.717) is 0 Å². The number of ether oxygens (including phenoxy) is 2. The van der Waals surface area contributed by atoms with Crippen molar-refractivity contribution in [3.63, 3.8) is 0 Å². The summed E-state index contributed by atoms with van der Waals surface area (Å²) in [6, 6.07) is 0. The second-order valence-electron chi connectivity index (χ2n) is 4.45. The molecule has 0 spiro atoms. The summed E-state index contributed by atoms with van der Waals surface area (Å²) in [4.78, 5) is 0. The van der Waals surface area contributed by atoms with E-state index in [-0.39, 0.29) is 0 Å². The molecule has 0 aromatic rings. The first-order valence-corrected chi connectivity index (χ1v) is 5.69. The quantitative estimate of drug-likeness (QED) is 0.437. The Morgan fingerprint density at radius 3 is 0.846 bits per heavy atom. The van der Waals surface area contributed by atoms with E-state index in [9.17, 15) is 65.9 Å². The van der Waals surface area contributed by atoms with Crippen LogP contribution in [0.25, 0.3) is 0 Å². The Bertz CT molecular complexity index is 376. The van der Waals surface area contributed by atoms with Crippen LogP contribution < -0.4 is 0 Å². The van der Waals surface area contributed by atoms with Gasteiger partial charge >= 0.3 is 30.9 Å². The van der Waals surface area contributed by atoms with E-state index in [1.165, 1.54) is 0 Å². The molecular formula is C9H5F15O2. The molecule has 0 N–H and O–H groups in total. The van der Waals surface area contributed by atoms with Crippen LogP contribution >= 0.6 is 0 Å². The van der Waals surface area contributed by atoms with Crippen LogP contribution in [0.3, 0.4) is 0 Å². The second-order valence-corrected chi connectivity index (χ2v) is 4.45. The summed E-state index contributed by atoms with van der Waals surface area (Å²) < 4.78 is 188. The Kier molecular flexibility index (Phi) is 7.15. The fraction of sp³-hybridized carbons (Fsp3) is 1.00. The number of hydrogen-bond acceptors (Lipinski definition) is 2. The summed E-state index contributed by atoms with van der Waals surface area (Å²) in [6.45, 7) is 0. The monoisotopic (exact) mass is 430 g/mol. The number of rotatable bonds is 5. The summed E-state index contributed by atoms with van der Waals surface area (Å²) in [5, 5.41) is 0. The molecule has 0 heterocycles. The minimum absolute atomic E-state index is 2.78. The van der Waals surface area contributed by atoms with Crippen molar-refractivity contribution < 1.29 is 75.3 Å². The van der Waals surface area contributed by atoms with Gasteiger partial charge < -0.3 is 9.47 Å². The molecule has 0 saturated heterocycles. The molecule has 0 bridgehead atoms. The summed E-state index contributed by atoms with van der Waals surface area (Å²) in [6.07, 6.45) is -49.4. The van der Waals surface area contributed by atoms with E-state index in [2.05, 4.69) is 9.47 Å². The second kappa shape index (κ2) is 7.47. The normalized spacial score (nSPS) is 15.5. The fourth-order valence-electron chi connectivity index (χ4n) is 1.30. The van der Waals surface area contributed by atoms with E-state index in [4.69, 9.17) is 0 Å². The molecule has 0 atom stereocenters. The first-order chi connectivity index (χ1) is 11.0. The zero-order valence-electron chi connectivity index (χ0n) is 11.4. The molecule has 26 heavy (non-hydrogen) atoms. The fourth-order valence-corrected chi connectivity index (χ4v) is 1.30. The molecule has 0 saturated carbocycles. The topological polar surface area (TPSA) is 18.5 Å². The van der Waals surface area contributed by atoms with Crippen molar-refractivity contribution in [2.45, 2.75) is 55.8 Å². The smallest absolute Gasteiger partial charge is 0.331 e. The summed E-state index contributed by atoms with van der Waals surface area (Å²) >= 11 is 0. The van der Waals surface area contributed by atoms with Crippen molar-refractivity contribution in [2.24, 2.45) is 0 Å². The zero-order valence-corrected chi connectivity index (χ0v) is 11.4. The van der Waals surface area contributed by atoms with Gasteiger partial charge in [-0.15, -0.1) is 0 Å². The average Bonchev–Trinajstić information content (AvgIpc) is 2.24. The van der Waals surface area contributed by atoms with Gasteiger partial charge in [0, 0.05) is 0 Å². The van der Waals surface area contributed by atoms with Crippen molar-refractivity contribution in [1.29, 1.82) is 0 Å². The predicted molar refractivity (Wildman–Crippen MR) is 48.4 cm³/mol. The lowest BCUT2D eigenvalue weighted by Crippen LogP contribution is -2.51. The molecule has 158 valence electrons. The summed E-state index contributed by atoms with van der Waals surface area (Å²) in [5.41, 5.74) is 0. The van der Waals surface area contributed by atoms with E-state index >= 15 is 0 Å².